The molecule has 2 aromatic carbocycles. The standard InChI is InChI=1S/C16H15Cl2NO3/c1-19(8-9-22-15-5-3-2-4-12(15)17)16(21)11-6-7-14(20)13(18)10-11/h2-7,10,20H,8-9H2,1H3. The molecule has 4 nitrogen and oxygen atoms in total. The summed E-state index contributed by atoms with van der Waals surface area (Å²) in [7, 11) is 1.67. The Kier molecular flexibility index (Phi) is 5.52. The summed E-state index contributed by atoms with van der Waals surface area (Å²) in [5, 5.41) is 10.0. The van der Waals surface area contributed by atoms with Gasteiger partial charge in [0.05, 0.1) is 16.6 Å². The number of benzene rings is 2. The van der Waals surface area contributed by atoms with E-state index in [0.29, 0.717) is 29.5 Å². The van der Waals surface area contributed by atoms with E-state index < -0.39 is 0 Å². The van der Waals surface area contributed by atoms with Gasteiger partial charge in [-0.25, -0.2) is 0 Å². The maximum absolute atomic E-state index is 12.2. The van der Waals surface area contributed by atoms with Crippen LogP contribution in [-0.2, 0) is 0 Å². The summed E-state index contributed by atoms with van der Waals surface area (Å²) in [5.41, 5.74) is 0.406. The Morgan fingerprint density at radius 3 is 2.59 bits per heavy atom. The van der Waals surface area contributed by atoms with Gasteiger partial charge in [0, 0.05) is 12.6 Å². The highest BCUT2D eigenvalue weighted by Crippen LogP contribution is 2.24. The van der Waals surface area contributed by atoms with E-state index in [9.17, 15) is 9.90 Å². The highest BCUT2D eigenvalue weighted by molar-refractivity contribution is 6.32. The van der Waals surface area contributed by atoms with Crippen molar-refractivity contribution in [1.29, 1.82) is 0 Å². The lowest BCUT2D eigenvalue weighted by atomic mass is 10.2. The first-order chi connectivity index (χ1) is 10.5. The second-order valence-corrected chi connectivity index (χ2v) is 5.49. The van der Waals surface area contributed by atoms with E-state index in [0.717, 1.165) is 0 Å². The lowest BCUT2D eigenvalue weighted by Crippen LogP contribution is -2.30. The third-order valence-corrected chi connectivity index (χ3v) is 3.68. The predicted molar refractivity (Wildman–Crippen MR) is 87.0 cm³/mol. The molecule has 0 aromatic heterocycles. The zero-order valence-corrected chi connectivity index (χ0v) is 13.4. The number of ether oxygens (including phenoxy) is 1. The molecule has 22 heavy (non-hydrogen) atoms. The number of amides is 1. The molecule has 6 heteroatoms. The van der Waals surface area contributed by atoms with Gasteiger partial charge in [-0.05, 0) is 30.3 Å². The average molecular weight is 340 g/mol. The van der Waals surface area contributed by atoms with Crippen LogP contribution < -0.4 is 4.74 Å². The molecule has 0 heterocycles. The van der Waals surface area contributed by atoms with Crippen molar-refractivity contribution in [3.63, 3.8) is 0 Å². The Hall–Kier alpha value is -1.91. The number of nitrogens with zero attached hydrogens (tertiary/aromatic N) is 1. The zero-order chi connectivity index (χ0) is 16.1. The van der Waals surface area contributed by atoms with E-state index in [4.69, 9.17) is 27.9 Å². The van der Waals surface area contributed by atoms with Crippen molar-refractivity contribution in [2.45, 2.75) is 0 Å². The average Bonchev–Trinajstić information content (AvgIpc) is 2.51. The number of halogens is 2. The Balaban J connectivity index is 1.91. The van der Waals surface area contributed by atoms with E-state index in [1.54, 1.807) is 19.2 Å². The van der Waals surface area contributed by atoms with Gasteiger partial charge in [0.1, 0.15) is 18.1 Å². The van der Waals surface area contributed by atoms with Crippen LogP contribution in [0, 0.1) is 0 Å². The number of carbonyl (C=O) groups is 1. The van der Waals surface area contributed by atoms with Crippen LogP contribution in [0.3, 0.4) is 0 Å². The quantitative estimate of drug-likeness (QED) is 0.899. The van der Waals surface area contributed by atoms with Crippen LogP contribution in [0.1, 0.15) is 10.4 Å². The summed E-state index contributed by atoms with van der Waals surface area (Å²) in [6.45, 7) is 0.709. The maximum Gasteiger partial charge on any atom is 0.253 e. The van der Waals surface area contributed by atoms with Gasteiger partial charge in [-0.3, -0.25) is 4.79 Å². The number of hydrogen-bond donors (Lipinski definition) is 1. The van der Waals surface area contributed by atoms with Crippen LogP contribution >= 0.6 is 23.2 Å². The molecule has 0 aliphatic carbocycles. The minimum absolute atomic E-state index is 0.0528. The van der Waals surface area contributed by atoms with Crippen molar-refractivity contribution >= 4 is 29.1 Å². The number of phenolic OH excluding ortho intramolecular Hbond substituents is 1. The SMILES string of the molecule is CN(CCOc1ccccc1Cl)C(=O)c1ccc(O)c(Cl)c1. The molecule has 0 bridgehead atoms. The molecule has 2 aromatic rings. The summed E-state index contributed by atoms with van der Waals surface area (Å²) in [6, 6.07) is 11.5. The van der Waals surface area contributed by atoms with E-state index in [2.05, 4.69) is 0 Å². The van der Waals surface area contributed by atoms with Gasteiger partial charge in [-0.15, -0.1) is 0 Å². The molecule has 0 saturated heterocycles. The second kappa shape index (κ2) is 7.38. The minimum Gasteiger partial charge on any atom is -0.506 e. The van der Waals surface area contributed by atoms with E-state index in [-0.39, 0.29) is 16.7 Å². The number of aromatic hydroxyl groups is 1. The van der Waals surface area contributed by atoms with Gasteiger partial charge in [-0.1, -0.05) is 35.3 Å². The summed E-state index contributed by atoms with van der Waals surface area (Å²) in [6.07, 6.45) is 0. The summed E-state index contributed by atoms with van der Waals surface area (Å²) >= 11 is 11.8. The normalized spacial score (nSPS) is 10.3. The van der Waals surface area contributed by atoms with Crippen molar-refractivity contribution in [1.82, 2.24) is 4.90 Å². The molecule has 0 radical (unpaired) electrons. The number of carbonyl (C=O) groups excluding carboxylic acids is 1. The molecule has 116 valence electrons. The van der Waals surface area contributed by atoms with Gasteiger partial charge < -0.3 is 14.7 Å². The summed E-state index contributed by atoms with van der Waals surface area (Å²) in [5.74, 6) is 0.324. The molecule has 0 aliphatic heterocycles. The number of rotatable bonds is 5. The largest absolute Gasteiger partial charge is 0.506 e. The third kappa shape index (κ3) is 4.06. The van der Waals surface area contributed by atoms with Crippen LogP contribution in [0.25, 0.3) is 0 Å². The molecule has 0 saturated carbocycles. The molecule has 1 amide bonds. The first kappa shape index (κ1) is 16.5. The smallest absolute Gasteiger partial charge is 0.253 e. The fourth-order valence-electron chi connectivity index (χ4n) is 1.82. The van der Waals surface area contributed by atoms with Gasteiger partial charge in [-0.2, -0.15) is 0 Å². The van der Waals surface area contributed by atoms with Crippen LogP contribution in [0.4, 0.5) is 0 Å². The van der Waals surface area contributed by atoms with E-state index in [1.165, 1.54) is 23.1 Å². The molecule has 1 N–H and O–H groups in total. The molecule has 2 rings (SSSR count). The Labute approximate surface area is 138 Å². The molecule has 0 aliphatic rings. The van der Waals surface area contributed by atoms with Gasteiger partial charge in [0.2, 0.25) is 0 Å². The van der Waals surface area contributed by atoms with Crippen molar-refractivity contribution < 1.29 is 14.6 Å². The third-order valence-electron chi connectivity index (χ3n) is 3.06. The zero-order valence-electron chi connectivity index (χ0n) is 11.9. The van der Waals surface area contributed by atoms with Crippen molar-refractivity contribution in [3.8, 4) is 11.5 Å². The fraction of sp³-hybridized carbons (Fsp3) is 0.188. The number of para-hydroxylation sites is 1. The summed E-state index contributed by atoms with van der Waals surface area (Å²) in [4.78, 5) is 13.7. The van der Waals surface area contributed by atoms with Crippen LogP contribution in [0.5, 0.6) is 11.5 Å². The van der Waals surface area contributed by atoms with Crippen LogP contribution in [0.15, 0.2) is 42.5 Å². The summed E-state index contributed by atoms with van der Waals surface area (Å²) < 4.78 is 5.54. The van der Waals surface area contributed by atoms with Crippen LogP contribution in [-0.4, -0.2) is 36.1 Å². The topological polar surface area (TPSA) is 49.8 Å². The van der Waals surface area contributed by atoms with Crippen molar-refractivity contribution in [2.75, 3.05) is 20.2 Å². The van der Waals surface area contributed by atoms with Crippen LogP contribution in [0.2, 0.25) is 10.0 Å². The Bertz CT molecular complexity index is 676. The number of likely N-dealkylation sites (N-methyl/N-ethyl adjacent to an activating group) is 1. The highest BCUT2D eigenvalue weighted by atomic mass is 35.5. The molecular formula is C16H15Cl2NO3. The number of phenols is 1. The molecule has 0 atom stereocenters. The first-order valence-corrected chi connectivity index (χ1v) is 7.36. The Morgan fingerprint density at radius 2 is 1.91 bits per heavy atom. The van der Waals surface area contributed by atoms with Gasteiger partial charge in [0.15, 0.2) is 0 Å². The Morgan fingerprint density at radius 1 is 1.18 bits per heavy atom. The van der Waals surface area contributed by atoms with E-state index >= 15 is 0 Å². The fourth-order valence-corrected chi connectivity index (χ4v) is 2.19. The molecule has 0 fully saturated rings. The number of hydrogen-bond acceptors (Lipinski definition) is 3. The second-order valence-electron chi connectivity index (χ2n) is 4.67. The minimum atomic E-state index is -0.204. The lowest BCUT2D eigenvalue weighted by molar-refractivity contribution is 0.0774. The van der Waals surface area contributed by atoms with E-state index in [1.807, 2.05) is 12.1 Å². The van der Waals surface area contributed by atoms with Gasteiger partial charge in [0.25, 0.3) is 5.91 Å². The molecule has 0 spiro atoms. The van der Waals surface area contributed by atoms with Gasteiger partial charge >= 0.3 is 0 Å². The highest BCUT2D eigenvalue weighted by Gasteiger charge is 2.13. The predicted octanol–water partition coefficient (Wildman–Crippen LogP) is 3.85. The van der Waals surface area contributed by atoms with Crippen molar-refractivity contribution in [3.05, 3.63) is 58.1 Å². The lowest BCUT2D eigenvalue weighted by Gasteiger charge is -2.18. The monoisotopic (exact) mass is 339 g/mol. The first-order valence-electron chi connectivity index (χ1n) is 6.60. The molecule has 0 unspecified atom stereocenters. The maximum atomic E-state index is 12.2. The van der Waals surface area contributed by atoms with Crippen molar-refractivity contribution in [2.24, 2.45) is 0 Å². The molecular weight excluding hydrogens is 325 g/mol.